The Hall–Kier alpha value is -2.36. The van der Waals surface area contributed by atoms with Crippen LogP contribution >= 0.6 is 11.6 Å². The van der Waals surface area contributed by atoms with E-state index in [1.165, 1.54) is 23.5 Å². The van der Waals surface area contributed by atoms with E-state index in [9.17, 15) is 18.5 Å². The lowest BCUT2D eigenvalue weighted by Gasteiger charge is -2.35. The van der Waals surface area contributed by atoms with Crippen molar-refractivity contribution in [2.24, 2.45) is 0 Å². The lowest BCUT2D eigenvalue weighted by molar-refractivity contribution is -0.385. The van der Waals surface area contributed by atoms with Gasteiger partial charge < -0.3 is 9.64 Å². The molecule has 2 aromatic rings. The molecule has 0 radical (unpaired) electrons. The number of sulfonamides is 1. The van der Waals surface area contributed by atoms with Crippen molar-refractivity contribution in [2.75, 3.05) is 38.2 Å². The van der Waals surface area contributed by atoms with Gasteiger partial charge >= 0.3 is 0 Å². The zero-order valence-corrected chi connectivity index (χ0v) is 16.1. The smallest absolute Gasteiger partial charge is 0.271 e. The molecule has 2 aromatic carbocycles. The minimum atomic E-state index is -3.92. The molecule has 0 amide bonds. The van der Waals surface area contributed by atoms with Gasteiger partial charge in [-0.05, 0) is 24.3 Å². The van der Waals surface area contributed by atoms with Crippen LogP contribution in [-0.4, -0.2) is 50.9 Å². The van der Waals surface area contributed by atoms with Crippen molar-refractivity contribution in [3.05, 3.63) is 57.6 Å². The number of halogens is 1. The van der Waals surface area contributed by atoms with Crippen LogP contribution in [0.1, 0.15) is 0 Å². The second-order valence-electron chi connectivity index (χ2n) is 5.96. The van der Waals surface area contributed by atoms with Gasteiger partial charge in [0.15, 0.2) is 0 Å². The van der Waals surface area contributed by atoms with Gasteiger partial charge in [-0.25, -0.2) is 8.42 Å². The number of hydrogen-bond donors (Lipinski definition) is 0. The molecule has 0 N–H and O–H groups in total. The summed E-state index contributed by atoms with van der Waals surface area (Å²) in [7, 11) is -2.59. The van der Waals surface area contributed by atoms with Crippen molar-refractivity contribution in [1.82, 2.24) is 4.31 Å². The average molecular weight is 412 g/mol. The Morgan fingerprint density at radius 1 is 1.11 bits per heavy atom. The van der Waals surface area contributed by atoms with E-state index >= 15 is 0 Å². The molecule has 10 heteroatoms. The van der Waals surface area contributed by atoms with Crippen LogP contribution in [0.5, 0.6) is 5.75 Å². The number of hydrogen-bond acceptors (Lipinski definition) is 6. The Bertz CT molecular complexity index is 959. The van der Waals surface area contributed by atoms with Gasteiger partial charge in [0.05, 0.1) is 12.0 Å². The first-order valence-electron chi connectivity index (χ1n) is 8.16. The molecule has 0 atom stereocenters. The van der Waals surface area contributed by atoms with Crippen LogP contribution < -0.4 is 9.64 Å². The van der Waals surface area contributed by atoms with E-state index in [1.807, 2.05) is 23.1 Å². The molecular weight excluding hydrogens is 394 g/mol. The molecule has 1 heterocycles. The van der Waals surface area contributed by atoms with E-state index in [4.69, 9.17) is 16.3 Å². The lowest BCUT2D eigenvalue weighted by Crippen LogP contribution is -2.48. The third-order valence-electron chi connectivity index (χ3n) is 4.39. The van der Waals surface area contributed by atoms with Gasteiger partial charge in [0.2, 0.25) is 10.0 Å². The molecule has 0 unspecified atom stereocenters. The molecule has 1 aliphatic heterocycles. The van der Waals surface area contributed by atoms with Crippen molar-refractivity contribution in [1.29, 1.82) is 0 Å². The van der Waals surface area contributed by atoms with Crippen molar-refractivity contribution in [2.45, 2.75) is 4.90 Å². The molecule has 0 bridgehead atoms. The number of nitrogens with zero attached hydrogens (tertiary/aromatic N) is 3. The van der Waals surface area contributed by atoms with Gasteiger partial charge in [0.1, 0.15) is 10.6 Å². The summed E-state index contributed by atoms with van der Waals surface area (Å²) < 4.78 is 32.5. The quantitative estimate of drug-likeness (QED) is 0.554. The zero-order valence-electron chi connectivity index (χ0n) is 14.5. The van der Waals surface area contributed by atoms with Gasteiger partial charge in [-0.3, -0.25) is 10.1 Å². The van der Waals surface area contributed by atoms with Crippen molar-refractivity contribution in [3.63, 3.8) is 0 Å². The first kappa shape index (κ1) is 19.4. The number of nitro benzene ring substituents is 1. The van der Waals surface area contributed by atoms with E-state index in [1.54, 1.807) is 6.07 Å². The summed E-state index contributed by atoms with van der Waals surface area (Å²) in [4.78, 5) is 12.2. The molecule has 0 spiro atoms. The normalized spacial score (nSPS) is 15.6. The van der Waals surface area contributed by atoms with Crippen LogP contribution in [0.3, 0.4) is 0 Å². The summed E-state index contributed by atoms with van der Waals surface area (Å²) in [5.74, 6) is 0.0814. The maximum atomic E-state index is 13.0. The van der Waals surface area contributed by atoms with Gasteiger partial charge in [-0.15, -0.1) is 0 Å². The minimum absolute atomic E-state index is 0.0814. The predicted octanol–water partition coefficient (Wildman–Crippen LogP) is 2.77. The molecular formula is C17H18ClN3O5S. The highest BCUT2D eigenvalue weighted by Gasteiger charge is 2.32. The van der Waals surface area contributed by atoms with Crippen molar-refractivity contribution in [3.8, 4) is 5.75 Å². The van der Waals surface area contributed by atoms with Crippen LogP contribution in [-0.2, 0) is 10.0 Å². The fourth-order valence-corrected chi connectivity index (χ4v) is 4.76. The topological polar surface area (TPSA) is 93.0 Å². The van der Waals surface area contributed by atoms with Crippen LogP contribution in [0, 0.1) is 10.1 Å². The van der Waals surface area contributed by atoms with Gasteiger partial charge in [0.25, 0.3) is 5.69 Å². The monoisotopic (exact) mass is 411 g/mol. The van der Waals surface area contributed by atoms with Crippen LogP contribution in [0.15, 0.2) is 47.4 Å². The Labute approximate surface area is 162 Å². The maximum absolute atomic E-state index is 13.0. The number of non-ortho nitro benzene ring substituents is 1. The third kappa shape index (κ3) is 4.00. The van der Waals surface area contributed by atoms with E-state index in [0.717, 1.165) is 11.8 Å². The first-order chi connectivity index (χ1) is 12.8. The Balaban J connectivity index is 1.83. The standard InChI is InChI=1S/C17H18ClN3O5S/c1-26-16-6-5-15(21(22)23)12-17(16)27(24,25)20-9-7-19(8-10-20)14-4-2-3-13(18)11-14/h2-6,11-12H,7-10H2,1H3. The Kier molecular flexibility index (Phi) is 5.54. The SMILES string of the molecule is COc1ccc([N+](=O)[O-])cc1S(=O)(=O)N1CCN(c2cccc(Cl)c2)CC1. The molecule has 1 aliphatic rings. The average Bonchev–Trinajstić information content (AvgIpc) is 2.67. The summed E-state index contributed by atoms with van der Waals surface area (Å²) in [5, 5.41) is 11.6. The van der Waals surface area contributed by atoms with Crippen LogP contribution in [0.4, 0.5) is 11.4 Å². The summed E-state index contributed by atoms with van der Waals surface area (Å²) in [5.41, 5.74) is 0.624. The summed E-state index contributed by atoms with van der Waals surface area (Å²) >= 11 is 6.02. The van der Waals surface area contributed by atoms with E-state index in [0.29, 0.717) is 18.1 Å². The lowest BCUT2D eigenvalue weighted by atomic mass is 10.2. The summed E-state index contributed by atoms with van der Waals surface area (Å²) in [6, 6.07) is 10.9. The largest absolute Gasteiger partial charge is 0.495 e. The Morgan fingerprint density at radius 3 is 2.41 bits per heavy atom. The zero-order chi connectivity index (χ0) is 19.6. The second-order valence-corrected chi connectivity index (χ2v) is 8.31. The highest BCUT2D eigenvalue weighted by molar-refractivity contribution is 7.89. The van der Waals surface area contributed by atoms with Crippen LogP contribution in [0.25, 0.3) is 0 Å². The fraction of sp³-hybridized carbons (Fsp3) is 0.294. The number of ether oxygens (including phenoxy) is 1. The molecule has 0 saturated carbocycles. The van der Waals surface area contributed by atoms with E-state index in [2.05, 4.69) is 0 Å². The molecule has 1 saturated heterocycles. The van der Waals surface area contributed by atoms with Gasteiger partial charge in [-0.1, -0.05) is 17.7 Å². The molecule has 27 heavy (non-hydrogen) atoms. The number of nitro groups is 1. The molecule has 1 fully saturated rings. The fourth-order valence-electron chi connectivity index (χ4n) is 2.98. The number of rotatable bonds is 5. The molecule has 0 aliphatic carbocycles. The van der Waals surface area contributed by atoms with Gasteiger partial charge in [0, 0.05) is 49.0 Å². The van der Waals surface area contributed by atoms with E-state index in [-0.39, 0.29) is 29.4 Å². The van der Waals surface area contributed by atoms with Gasteiger partial charge in [-0.2, -0.15) is 4.31 Å². The summed E-state index contributed by atoms with van der Waals surface area (Å²) in [6.07, 6.45) is 0. The Morgan fingerprint density at radius 2 is 1.81 bits per heavy atom. The van der Waals surface area contributed by atoms with E-state index < -0.39 is 14.9 Å². The molecule has 8 nitrogen and oxygen atoms in total. The molecule has 0 aromatic heterocycles. The third-order valence-corrected chi connectivity index (χ3v) is 6.54. The highest BCUT2D eigenvalue weighted by Crippen LogP contribution is 2.31. The predicted molar refractivity (Wildman–Crippen MR) is 102 cm³/mol. The van der Waals surface area contributed by atoms with Crippen molar-refractivity contribution >= 4 is 33.0 Å². The number of benzene rings is 2. The highest BCUT2D eigenvalue weighted by atomic mass is 35.5. The number of methoxy groups -OCH3 is 1. The number of anilines is 1. The second kappa shape index (κ2) is 7.71. The molecule has 3 rings (SSSR count). The van der Waals surface area contributed by atoms with Crippen LogP contribution in [0.2, 0.25) is 5.02 Å². The first-order valence-corrected chi connectivity index (χ1v) is 9.98. The minimum Gasteiger partial charge on any atom is -0.495 e. The summed E-state index contributed by atoms with van der Waals surface area (Å²) in [6.45, 7) is 1.47. The van der Waals surface area contributed by atoms with Crippen molar-refractivity contribution < 1.29 is 18.1 Å². The maximum Gasteiger partial charge on any atom is 0.271 e. The molecule has 144 valence electrons. The number of piperazine rings is 1.